The smallest absolute Gasteiger partial charge is 0.303 e. The van der Waals surface area contributed by atoms with E-state index in [-0.39, 0.29) is 24.9 Å². The lowest BCUT2D eigenvalue weighted by atomic mass is 9.70. The maximum atomic E-state index is 10.7. The average Bonchev–Trinajstić information content (AvgIpc) is 3.29. The number of ether oxygens (including phenoxy) is 1. The van der Waals surface area contributed by atoms with Gasteiger partial charge in [-0.2, -0.15) is 0 Å². The molecule has 1 aliphatic carbocycles. The van der Waals surface area contributed by atoms with Crippen molar-refractivity contribution in [1.29, 1.82) is 0 Å². The molecule has 0 radical (unpaired) electrons. The number of carboxylic acid groups (broad SMARTS) is 1. The van der Waals surface area contributed by atoms with Crippen LogP contribution in [-0.4, -0.2) is 39.6 Å². The van der Waals surface area contributed by atoms with Gasteiger partial charge in [-0.3, -0.25) is 4.79 Å². The van der Waals surface area contributed by atoms with Crippen LogP contribution in [0, 0.1) is 13.8 Å². The van der Waals surface area contributed by atoms with Crippen molar-refractivity contribution in [3.05, 3.63) is 70.3 Å². The molecule has 5 heteroatoms. The van der Waals surface area contributed by atoms with Gasteiger partial charge < -0.3 is 20.1 Å². The van der Waals surface area contributed by atoms with E-state index in [4.69, 9.17) is 9.84 Å². The summed E-state index contributed by atoms with van der Waals surface area (Å²) in [6.07, 6.45) is 9.10. The minimum Gasteiger partial charge on any atom is -0.491 e. The molecule has 0 heterocycles. The van der Waals surface area contributed by atoms with Crippen LogP contribution in [0.3, 0.4) is 0 Å². The maximum absolute atomic E-state index is 10.7. The summed E-state index contributed by atoms with van der Waals surface area (Å²) >= 11 is 0. The van der Waals surface area contributed by atoms with Crippen LogP contribution < -0.4 is 4.74 Å². The molecule has 36 heavy (non-hydrogen) atoms. The third-order valence-corrected chi connectivity index (χ3v) is 7.92. The van der Waals surface area contributed by atoms with Crippen LogP contribution in [0.25, 0.3) is 6.08 Å². The van der Waals surface area contributed by atoms with Crippen molar-refractivity contribution in [2.75, 3.05) is 6.61 Å². The minimum atomic E-state index is -0.921. The summed E-state index contributed by atoms with van der Waals surface area (Å²) in [5, 5.41) is 29.5. The van der Waals surface area contributed by atoms with E-state index in [9.17, 15) is 15.0 Å². The summed E-state index contributed by atoms with van der Waals surface area (Å²) < 4.78 is 5.81. The van der Waals surface area contributed by atoms with Crippen LogP contribution in [0.5, 0.6) is 5.75 Å². The second-order valence-electron chi connectivity index (χ2n) is 10.4. The highest BCUT2D eigenvalue weighted by molar-refractivity contribution is 5.66. The normalized spacial score (nSPS) is 16.4. The molecule has 0 aromatic heterocycles. The first-order valence-corrected chi connectivity index (χ1v) is 13.3. The number of carboxylic acids is 1. The van der Waals surface area contributed by atoms with Gasteiger partial charge in [0.05, 0.1) is 11.7 Å². The van der Waals surface area contributed by atoms with Gasteiger partial charge in [0, 0.05) is 11.8 Å². The Hall–Kier alpha value is -2.63. The first-order chi connectivity index (χ1) is 17.1. The molecule has 1 fully saturated rings. The van der Waals surface area contributed by atoms with Gasteiger partial charge in [-0.25, -0.2) is 0 Å². The van der Waals surface area contributed by atoms with E-state index in [1.54, 1.807) is 0 Å². The molecule has 0 saturated heterocycles. The number of rotatable bonds is 12. The summed E-state index contributed by atoms with van der Waals surface area (Å²) in [5.41, 5.74) is 5.04. The first kappa shape index (κ1) is 27.9. The van der Waals surface area contributed by atoms with Crippen molar-refractivity contribution >= 4 is 12.0 Å². The molecule has 0 aliphatic heterocycles. The molecule has 0 unspecified atom stereocenters. The predicted octanol–water partition coefficient (Wildman–Crippen LogP) is 6.33. The van der Waals surface area contributed by atoms with Crippen molar-refractivity contribution in [2.24, 2.45) is 0 Å². The lowest BCUT2D eigenvalue weighted by molar-refractivity contribution is -0.137. The third-order valence-electron chi connectivity index (χ3n) is 7.92. The molecule has 3 N–H and O–H groups in total. The van der Waals surface area contributed by atoms with Gasteiger partial charge in [0.25, 0.3) is 0 Å². The quantitative estimate of drug-likeness (QED) is 0.321. The summed E-state index contributed by atoms with van der Waals surface area (Å²) in [6, 6.07) is 12.9. The van der Waals surface area contributed by atoms with E-state index in [1.807, 2.05) is 19.1 Å². The summed E-state index contributed by atoms with van der Waals surface area (Å²) in [7, 11) is 0. The lowest BCUT2D eigenvalue weighted by Crippen LogP contribution is -2.26. The average molecular weight is 495 g/mol. The van der Waals surface area contributed by atoms with Crippen LogP contribution >= 0.6 is 0 Å². The number of carbonyl (C=O) groups is 1. The van der Waals surface area contributed by atoms with Gasteiger partial charge >= 0.3 is 5.97 Å². The van der Waals surface area contributed by atoms with Crippen LogP contribution in [0.15, 0.2) is 42.5 Å². The molecular weight excluding hydrogens is 452 g/mol. The fourth-order valence-corrected chi connectivity index (χ4v) is 5.46. The number of aliphatic carboxylic acids is 1. The van der Waals surface area contributed by atoms with Crippen LogP contribution in [0.1, 0.15) is 93.0 Å². The largest absolute Gasteiger partial charge is 0.491 e. The number of hydrogen-bond acceptors (Lipinski definition) is 4. The molecule has 5 nitrogen and oxygen atoms in total. The van der Waals surface area contributed by atoms with E-state index >= 15 is 0 Å². The van der Waals surface area contributed by atoms with Crippen LogP contribution in [0.2, 0.25) is 0 Å². The minimum absolute atomic E-state index is 0.0729. The van der Waals surface area contributed by atoms with E-state index in [0.717, 1.165) is 49.7 Å². The Bertz CT molecular complexity index is 1060. The Morgan fingerprint density at radius 3 is 2.22 bits per heavy atom. The van der Waals surface area contributed by atoms with Crippen molar-refractivity contribution in [3.8, 4) is 5.75 Å². The molecule has 0 spiro atoms. The number of aryl methyl sites for hydroxylation is 2. The standard InChI is InChI=1S/C31H42O5/c1-5-31(6-2,25-10-9-24(22(3)19-25)15-18-30(35)16-7-8-17-30)26-11-13-28(23(4)20-26)36-21-27(32)12-14-29(33)34/h9-11,13,15,18-20,27,32,35H,5-8,12,14,16-17,21H2,1-4H3,(H,33,34)/b18-15+/t27-/m0/s1. The highest BCUT2D eigenvalue weighted by Crippen LogP contribution is 2.41. The molecule has 1 aliphatic rings. The zero-order chi connectivity index (χ0) is 26.3. The Labute approximate surface area is 215 Å². The molecule has 1 saturated carbocycles. The molecule has 0 bridgehead atoms. The Morgan fingerprint density at radius 2 is 1.67 bits per heavy atom. The van der Waals surface area contributed by atoms with Gasteiger partial charge in [0.1, 0.15) is 12.4 Å². The Morgan fingerprint density at radius 1 is 1.06 bits per heavy atom. The van der Waals surface area contributed by atoms with E-state index in [0.29, 0.717) is 5.75 Å². The fraction of sp³-hybridized carbons (Fsp3) is 0.516. The predicted molar refractivity (Wildman–Crippen MR) is 145 cm³/mol. The SMILES string of the molecule is CCC(CC)(c1ccc(/C=C/C2(O)CCCC2)c(C)c1)c1ccc(OC[C@@H](O)CCC(=O)O)c(C)c1. The van der Waals surface area contributed by atoms with Crippen LogP contribution in [-0.2, 0) is 10.2 Å². The molecule has 1 atom stereocenters. The highest BCUT2D eigenvalue weighted by Gasteiger charge is 2.32. The number of aliphatic hydroxyl groups is 2. The zero-order valence-electron chi connectivity index (χ0n) is 22.2. The van der Waals surface area contributed by atoms with Gasteiger partial charge in [-0.1, -0.05) is 69.2 Å². The number of aliphatic hydroxyl groups excluding tert-OH is 1. The highest BCUT2D eigenvalue weighted by atomic mass is 16.5. The van der Waals surface area contributed by atoms with E-state index in [2.05, 4.69) is 57.2 Å². The lowest BCUT2D eigenvalue weighted by Gasteiger charge is -2.34. The zero-order valence-corrected chi connectivity index (χ0v) is 22.2. The topological polar surface area (TPSA) is 87.0 Å². The van der Waals surface area contributed by atoms with Crippen molar-refractivity contribution in [2.45, 2.75) is 96.2 Å². The van der Waals surface area contributed by atoms with Gasteiger partial charge in [-0.05, 0) is 79.8 Å². The first-order valence-electron chi connectivity index (χ1n) is 13.3. The second kappa shape index (κ2) is 12.1. The molecule has 2 aromatic rings. The molecule has 3 rings (SSSR count). The van der Waals surface area contributed by atoms with Gasteiger partial charge in [0.2, 0.25) is 0 Å². The van der Waals surface area contributed by atoms with Crippen molar-refractivity contribution in [1.82, 2.24) is 0 Å². The maximum Gasteiger partial charge on any atom is 0.303 e. The molecule has 0 amide bonds. The molecule has 196 valence electrons. The van der Waals surface area contributed by atoms with E-state index in [1.165, 1.54) is 16.7 Å². The Balaban J connectivity index is 1.81. The van der Waals surface area contributed by atoms with E-state index < -0.39 is 17.7 Å². The monoisotopic (exact) mass is 494 g/mol. The summed E-state index contributed by atoms with van der Waals surface area (Å²) in [5.74, 6) is -0.216. The second-order valence-corrected chi connectivity index (χ2v) is 10.4. The number of benzene rings is 2. The summed E-state index contributed by atoms with van der Waals surface area (Å²) in [4.78, 5) is 10.7. The van der Waals surface area contributed by atoms with Gasteiger partial charge in [-0.15, -0.1) is 0 Å². The third kappa shape index (κ3) is 6.57. The fourth-order valence-electron chi connectivity index (χ4n) is 5.46. The van der Waals surface area contributed by atoms with Crippen molar-refractivity contribution in [3.63, 3.8) is 0 Å². The van der Waals surface area contributed by atoms with Gasteiger partial charge in [0.15, 0.2) is 0 Å². The molecule has 2 aromatic carbocycles. The Kier molecular flexibility index (Phi) is 9.37. The molecular formula is C31H42O5. The van der Waals surface area contributed by atoms with Crippen molar-refractivity contribution < 1.29 is 24.9 Å². The summed E-state index contributed by atoms with van der Waals surface area (Å²) in [6.45, 7) is 8.66. The number of hydrogen-bond donors (Lipinski definition) is 3. The van der Waals surface area contributed by atoms with Crippen LogP contribution in [0.4, 0.5) is 0 Å².